The van der Waals surface area contributed by atoms with Gasteiger partial charge in [-0.3, -0.25) is 19.6 Å². The highest BCUT2D eigenvalue weighted by Gasteiger charge is 2.31. The molecule has 1 saturated heterocycles. The maximum Gasteiger partial charge on any atom is 0.573 e. The van der Waals surface area contributed by atoms with Crippen molar-refractivity contribution < 1.29 is 27.5 Å². The Morgan fingerprint density at radius 2 is 1.98 bits per heavy atom. The third kappa shape index (κ3) is 8.35. The van der Waals surface area contributed by atoms with Crippen LogP contribution in [0.5, 0.6) is 5.75 Å². The summed E-state index contributed by atoms with van der Waals surface area (Å²) in [6.45, 7) is 1.58. The number of pyridine rings is 1. The van der Waals surface area contributed by atoms with E-state index in [2.05, 4.69) is 40.4 Å². The molecule has 0 bridgehead atoms. The number of nitrogens with one attached hydrogen (secondary N) is 2. The van der Waals surface area contributed by atoms with Gasteiger partial charge in [-0.25, -0.2) is 0 Å². The molecule has 0 aliphatic carbocycles. The second-order valence-corrected chi connectivity index (χ2v) is 10.9. The zero-order valence-electron chi connectivity index (χ0n) is 22.4. The number of carbonyl (C=O) groups excluding carboxylic acids is 2. The third-order valence-electron chi connectivity index (χ3n) is 6.65. The molecular weight excluding hydrogens is 571 g/mol. The molecule has 1 fully saturated rings. The summed E-state index contributed by atoms with van der Waals surface area (Å²) in [4.78, 5) is 35.7. The first-order valence-corrected chi connectivity index (χ1v) is 14.2. The van der Waals surface area contributed by atoms with Crippen LogP contribution in [0.1, 0.15) is 41.4 Å². The van der Waals surface area contributed by atoms with E-state index in [0.29, 0.717) is 22.8 Å². The van der Waals surface area contributed by atoms with Crippen molar-refractivity contribution >= 4 is 34.5 Å². The summed E-state index contributed by atoms with van der Waals surface area (Å²) < 4.78 is 41.3. The smallest absolute Gasteiger partial charge is 0.406 e. The highest BCUT2D eigenvalue weighted by Crippen LogP contribution is 2.32. The van der Waals surface area contributed by atoms with Gasteiger partial charge in [0.15, 0.2) is 0 Å². The van der Waals surface area contributed by atoms with Gasteiger partial charge in [0.2, 0.25) is 16.9 Å². The Morgan fingerprint density at radius 3 is 2.74 bits per heavy atom. The number of amides is 2. The molecule has 2 aliphatic rings. The number of allylic oxidation sites excluding steroid dienone is 1. The van der Waals surface area contributed by atoms with E-state index in [4.69, 9.17) is 0 Å². The van der Waals surface area contributed by atoms with Crippen molar-refractivity contribution in [2.75, 3.05) is 18.4 Å². The van der Waals surface area contributed by atoms with Gasteiger partial charge < -0.3 is 20.3 Å². The van der Waals surface area contributed by atoms with Crippen LogP contribution in [0.4, 0.5) is 18.3 Å². The number of nitrogens with zero attached hydrogens (tertiary/aromatic N) is 5. The van der Waals surface area contributed by atoms with Crippen molar-refractivity contribution in [3.63, 3.8) is 0 Å². The van der Waals surface area contributed by atoms with Crippen LogP contribution >= 0.6 is 11.3 Å². The Bertz CT molecular complexity index is 1460. The van der Waals surface area contributed by atoms with Crippen molar-refractivity contribution in [1.29, 1.82) is 0 Å². The molecule has 0 saturated carbocycles. The van der Waals surface area contributed by atoms with Gasteiger partial charge in [-0.15, -0.1) is 23.4 Å². The predicted molar refractivity (Wildman–Crippen MR) is 150 cm³/mol. The molecule has 14 heteroatoms. The normalized spacial score (nSPS) is 18.7. The minimum Gasteiger partial charge on any atom is -0.406 e. The van der Waals surface area contributed by atoms with Crippen molar-refractivity contribution in [3.8, 4) is 5.75 Å². The van der Waals surface area contributed by atoms with Gasteiger partial charge in [-0.2, -0.15) is 0 Å². The van der Waals surface area contributed by atoms with E-state index < -0.39 is 12.5 Å². The quantitative estimate of drug-likeness (QED) is 0.378. The molecule has 2 unspecified atom stereocenters. The number of aromatic nitrogens is 3. The molecule has 3 aromatic rings. The average molecular weight is 600 g/mol. The lowest BCUT2D eigenvalue weighted by Crippen LogP contribution is -2.38. The minimum absolute atomic E-state index is 0.0983. The Kier molecular flexibility index (Phi) is 9.10. The van der Waals surface area contributed by atoms with E-state index in [0.717, 1.165) is 36.6 Å². The van der Waals surface area contributed by atoms with Crippen molar-refractivity contribution in [2.24, 2.45) is 4.99 Å². The number of likely N-dealkylation sites (tertiary alicyclic amines) is 1. The number of ether oxygens (including phenoxy) is 1. The fraction of sp³-hybridized carbons (Fsp3) is 0.357. The number of piperidine rings is 1. The number of alkyl halides is 3. The van der Waals surface area contributed by atoms with Gasteiger partial charge in [0, 0.05) is 43.5 Å². The van der Waals surface area contributed by atoms with E-state index in [1.807, 2.05) is 12.1 Å². The second kappa shape index (κ2) is 13.1. The first-order chi connectivity index (χ1) is 20.2. The number of aliphatic imine (C=N–C) groups is 1. The summed E-state index contributed by atoms with van der Waals surface area (Å²) in [5.41, 5.74) is 2.03. The maximum absolute atomic E-state index is 12.5. The maximum atomic E-state index is 12.5. The molecule has 2 N–H and O–H groups in total. The number of halogens is 3. The molecular formula is C28H28F3N7O3S. The molecule has 2 amide bonds. The summed E-state index contributed by atoms with van der Waals surface area (Å²) in [5, 5.41) is 15.4. The number of anilines is 1. The van der Waals surface area contributed by atoms with Crippen LogP contribution in [0.3, 0.4) is 0 Å². The summed E-state index contributed by atoms with van der Waals surface area (Å²) >= 11 is 1.37. The van der Waals surface area contributed by atoms with E-state index in [9.17, 15) is 22.8 Å². The summed E-state index contributed by atoms with van der Waals surface area (Å²) in [7, 11) is 0. The lowest BCUT2D eigenvalue weighted by molar-refractivity contribution is -0.274. The molecule has 10 nitrogen and oxygen atoms in total. The van der Waals surface area contributed by atoms with Crippen LogP contribution in [-0.2, 0) is 22.4 Å². The number of hydrogen-bond donors (Lipinski definition) is 2. The molecule has 1 aromatic carbocycles. The monoisotopic (exact) mass is 599 g/mol. The van der Waals surface area contributed by atoms with Gasteiger partial charge in [-0.1, -0.05) is 35.6 Å². The standard InChI is InChI=1S/C28H28F3N7O3S/c29-28(30,31)41-22-8-3-5-18(13-22)14-24(39)34-23-10-9-21(16-33-23)38-12-4-6-19(17-38)26-36-37-27(42-26)35-25(40)15-20-7-1-2-11-32-20/h1-3,5,7-9,11,13,16,19,23H,4,6,10,12,14-15,17H2,(H,34,39)(H,35,37,40). The van der Waals surface area contributed by atoms with E-state index >= 15 is 0 Å². The molecule has 2 aromatic heterocycles. The highest BCUT2D eigenvalue weighted by molar-refractivity contribution is 7.15. The Balaban J connectivity index is 1.09. The van der Waals surface area contributed by atoms with Gasteiger partial charge in [0.25, 0.3) is 0 Å². The summed E-state index contributed by atoms with van der Waals surface area (Å²) in [5.74, 6) is -0.765. The first kappa shape index (κ1) is 29.2. The fourth-order valence-electron chi connectivity index (χ4n) is 4.79. The van der Waals surface area contributed by atoms with Crippen LogP contribution in [-0.4, -0.2) is 63.7 Å². The third-order valence-corrected chi connectivity index (χ3v) is 7.65. The molecule has 0 radical (unpaired) electrons. The molecule has 2 atom stereocenters. The van der Waals surface area contributed by atoms with Crippen molar-refractivity contribution in [1.82, 2.24) is 25.4 Å². The summed E-state index contributed by atoms with van der Waals surface area (Å²) in [6, 6.07) is 10.8. The Morgan fingerprint density at radius 1 is 1.10 bits per heavy atom. The van der Waals surface area contributed by atoms with Gasteiger partial charge in [0.1, 0.15) is 16.9 Å². The fourth-order valence-corrected chi connectivity index (χ4v) is 5.67. The number of benzene rings is 1. The van der Waals surface area contributed by atoms with Crippen molar-refractivity contribution in [2.45, 2.75) is 50.6 Å². The van der Waals surface area contributed by atoms with Crippen molar-refractivity contribution in [3.05, 3.63) is 76.7 Å². The summed E-state index contributed by atoms with van der Waals surface area (Å²) in [6.07, 6.45) is 2.59. The van der Waals surface area contributed by atoms with Crippen LogP contribution in [0.2, 0.25) is 0 Å². The minimum atomic E-state index is -4.80. The van der Waals surface area contributed by atoms with Gasteiger partial charge in [0.05, 0.1) is 18.5 Å². The Labute approximate surface area is 243 Å². The number of dihydropyridines is 1. The first-order valence-electron chi connectivity index (χ1n) is 13.4. The average Bonchev–Trinajstić information content (AvgIpc) is 3.41. The van der Waals surface area contributed by atoms with Crippen LogP contribution in [0.15, 0.2) is 65.4 Å². The van der Waals surface area contributed by atoms with E-state index in [1.165, 1.54) is 29.5 Å². The van der Waals surface area contributed by atoms with Gasteiger partial charge in [-0.05, 0) is 42.7 Å². The molecule has 220 valence electrons. The van der Waals surface area contributed by atoms with Gasteiger partial charge >= 0.3 is 6.36 Å². The zero-order chi connectivity index (χ0) is 29.5. The Hall–Kier alpha value is -4.33. The molecule has 4 heterocycles. The number of hydrogen-bond acceptors (Lipinski definition) is 9. The highest BCUT2D eigenvalue weighted by atomic mass is 32.1. The second-order valence-electron chi connectivity index (χ2n) is 9.87. The lowest BCUT2D eigenvalue weighted by Gasteiger charge is -2.35. The number of rotatable bonds is 9. The van der Waals surface area contributed by atoms with E-state index in [1.54, 1.807) is 30.6 Å². The predicted octanol–water partition coefficient (Wildman–Crippen LogP) is 4.24. The van der Waals surface area contributed by atoms with Crippen LogP contribution in [0.25, 0.3) is 0 Å². The van der Waals surface area contributed by atoms with Crippen LogP contribution in [0, 0.1) is 0 Å². The van der Waals surface area contributed by atoms with E-state index in [-0.39, 0.29) is 36.3 Å². The SMILES string of the molecule is O=C(Cc1ccccn1)Nc1nnc(C2CCCN(C3=CCC(NC(=O)Cc4cccc(OC(F)(F)F)c4)N=C3)C2)s1. The largest absolute Gasteiger partial charge is 0.573 e. The molecule has 42 heavy (non-hydrogen) atoms. The molecule has 5 rings (SSSR count). The lowest BCUT2D eigenvalue weighted by atomic mass is 9.98. The topological polar surface area (TPSA) is 122 Å². The molecule has 2 aliphatic heterocycles. The number of carbonyl (C=O) groups is 2. The zero-order valence-corrected chi connectivity index (χ0v) is 23.2. The molecule has 0 spiro atoms. The van der Waals surface area contributed by atoms with Crippen LogP contribution < -0.4 is 15.4 Å².